The molecule has 1 aromatic rings. The van der Waals surface area contributed by atoms with Crippen LogP contribution >= 0.6 is 0 Å². The average molecular weight is 288 g/mol. The lowest BCUT2D eigenvalue weighted by Gasteiger charge is -2.17. The second-order valence-corrected chi connectivity index (χ2v) is 5.75. The first kappa shape index (κ1) is 14.1. The molecule has 2 amide bonds. The van der Waals surface area contributed by atoms with Crippen LogP contribution in [0.25, 0.3) is 0 Å². The van der Waals surface area contributed by atoms with Gasteiger partial charge in [-0.2, -0.15) is 0 Å². The molecule has 1 aliphatic heterocycles. The van der Waals surface area contributed by atoms with Gasteiger partial charge in [-0.3, -0.25) is 9.59 Å². The highest BCUT2D eigenvalue weighted by atomic mass is 16.5. The van der Waals surface area contributed by atoms with Crippen molar-refractivity contribution in [3.63, 3.8) is 0 Å². The maximum absolute atomic E-state index is 12.3. The van der Waals surface area contributed by atoms with Gasteiger partial charge in [0.2, 0.25) is 11.8 Å². The first-order valence-corrected chi connectivity index (χ1v) is 7.47. The largest absolute Gasteiger partial charge is 0.376 e. The van der Waals surface area contributed by atoms with E-state index in [1.54, 1.807) is 0 Å². The van der Waals surface area contributed by atoms with Crippen LogP contribution in [0.1, 0.15) is 25.7 Å². The zero-order valence-electron chi connectivity index (χ0n) is 11.9. The summed E-state index contributed by atoms with van der Waals surface area (Å²) in [5.41, 5.74) is -0.158. The Labute approximate surface area is 124 Å². The normalized spacial score (nSPS) is 22.6. The van der Waals surface area contributed by atoms with Crippen LogP contribution in [0.15, 0.2) is 30.3 Å². The molecule has 1 aliphatic carbocycles. The van der Waals surface area contributed by atoms with Crippen molar-refractivity contribution in [2.75, 3.05) is 18.5 Å². The van der Waals surface area contributed by atoms with Crippen LogP contribution in [0.2, 0.25) is 0 Å². The van der Waals surface area contributed by atoms with Crippen LogP contribution in [0, 0.1) is 5.41 Å². The fraction of sp³-hybridized carbons (Fsp3) is 0.500. The standard InChI is InChI=1S/C16H20N2O3/c19-14(17-11-13-7-4-10-21-13)16(8-9-16)15(20)18-12-5-2-1-3-6-12/h1-3,5-6,13H,4,7-11H2,(H,17,19)(H,18,20). The first-order valence-electron chi connectivity index (χ1n) is 7.47. The Hall–Kier alpha value is -1.88. The van der Waals surface area contributed by atoms with Crippen molar-refractivity contribution in [2.24, 2.45) is 5.41 Å². The molecule has 3 rings (SSSR count). The molecule has 1 heterocycles. The van der Waals surface area contributed by atoms with Gasteiger partial charge in [0.05, 0.1) is 6.10 Å². The number of carbonyl (C=O) groups excluding carboxylic acids is 2. The lowest BCUT2D eigenvalue weighted by atomic mass is 10.0. The molecule has 2 aliphatic rings. The number of para-hydroxylation sites is 1. The van der Waals surface area contributed by atoms with E-state index in [1.807, 2.05) is 30.3 Å². The predicted octanol–water partition coefficient (Wildman–Crippen LogP) is 1.70. The molecule has 1 saturated carbocycles. The van der Waals surface area contributed by atoms with Crippen molar-refractivity contribution in [3.05, 3.63) is 30.3 Å². The Balaban J connectivity index is 1.55. The minimum absolute atomic E-state index is 0.0990. The van der Waals surface area contributed by atoms with Crippen molar-refractivity contribution >= 4 is 17.5 Å². The van der Waals surface area contributed by atoms with E-state index in [0.29, 0.717) is 19.4 Å². The molecule has 1 atom stereocenters. The zero-order valence-corrected chi connectivity index (χ0v) is 11.9. The molecule has 0 aromatic heterocycles. The number of nitrogens with one attached hydrogen (secondary N) is 2. The van der Waals surface area contributed by atoms with Gasteiger partial charge in [0.1, 0.15) is 5.41 Å². The monoisotopic (exact) mass is 288 g/mol. The third-order valence-electron chi connectivity index (χ3n) is 4.17. The average Bonchev–Trinajstić information content (AvgIpc) is 3.16. The lowest BCUT2D eigenvalue weighted by Crippen LogP contribution is -2.42. The van der Waals surface area contributed by atoms with E-state index < -0.39 is 5.41 Å². The van der Waals surface area contributed by atoms with Gasteiger partial charge in [-0.1, -0.05) is 18.2 Å². The van der Waals surface area contributed by atoms with Gasteiger partial charge in [-0.05, 0) is 37.8 Å². The van der Waals surface area contributed by atoms with Crippen LogP contribution < -0.4 is 10.6 Å². The molecule has 112 valence electrons. The van der Waals surface area contributed by atoms with Crippen molar-refractivity contribution in [3.8, 4) is 0 Å². The second-order valence-electron chi connectivity index (χ2n) is 5.75. The van der Waals surface area contributed by atoms with E-state index in [1.165, 1.54) is 0 Å². The van der Waals surface area contributed by atoms with E-state index in [2.05, 4.69) is 10.6 Å². The Morgan fingerprint density at radius 1 is 1.19 bits per heavy atom. The molecular formula is C16H20N2O3. The highest BCUT2D eigenvalue weighted by molar-refractivity contribution is 6.13. The minimum atomic E-state index is -0.881. The van der Waals surface area contributed by atoms with Gasteiger partial charge >= 0.3 is 0 Å². The molecule has 21 heavy (non-hydrogen) atoms. The highest BCUT2D eigenvalue weighted by Gasteiger charge is 2.56. The van der Waals surface area contributed by atoms with Crippen molar-refractivity contribution in [1.82, 2.24) is 5.32 Å². The summed E-state index contributed by atoms with van der Waals surface area (Å²) in [5, 5.41) is 5.69. The molecule has 5 heteroatoms. The van der Waals surface area contributed by atoms with Crippen LogP contribution in [-0.2, 0) is 14.3 Å². The zero-order chi connectivity index (χ0) is 14.7. The third-order valence-corrected chi connectivity index (χ3v) is 4.17. The van der Waals surface area contributed by atoms with Crippen molar-refractivity contribution < 1.29 is 14.3 Å². The van der Waals surface area contributed by atoms with Gasteiger partial charge in [-0.15, -0.1) is 0 Å². The summed E-state index contributed by atoms with van der Waals surface area (Å²) in [6.45, 7) is 1.26. The Bertz CT molecular complexity index is 520. The number of amides is 2. The lowest BCUT2D eigenvalue weighted by molar-refractivity contribution is -0.134. The smallest absolute Gasteiger partial charge is 0.240 e. The molecule has 2 fully saturated rings. The number of ether oxygens (including phenoxy) is 1. The van der Waals surface area contributed by atoms with Crippen LogP contribution in [-0.4, -0.2) is 31.1 Å². The first-order chi connectivity index (χ1) is 10.2. The summed E-state index contributed by atoms with van der Waals surface area (Å²) in [6.07, 6.45) is 3.34. The number of carbonyl (C=O) groups is 2. The van der Waals surface area contributed by atoms with Crippen LogP contribution in [0.4, 0.5) is 5.69 Å². The summed E-state index contributed by atoms with van der Waals surface area (Å²) in [4.78, 5) is 24.6. The second kappa shape index (κ2) is 5.85. The fourth-order valence-electron chi connectivity index (χ4n) is 2.64. The maximum atomic E-state index is 12.3. The summed E-state index contributed by atoms with van der Waals surface area (Å²) in [5.74, 6) is -0.384. The topological polar surface area (TPSA) is 67.4 Å². The van der Waals surface area contributed by atoms with Gasteiger partial charge in [0.25, 0.3) is 0 Å². The number of rotatable bonds is 5. The van der Waals surface area contributed by atoms with Crippen LogP contribution in [0.3, 0.4) is 0 Å². The van der Waals surface area contributed by atoms with Gasteiger partial charge in [0.15, 0.2) is 0 Å². The molecule has 2 N–H and O–H groups in total. The Morgan fingerprint density at radius 2 is 1.95 bits per heavy atom. The van der Waals surface area contributed by atoms with E-state index in [9.17, 15) is 9.59 Å². The highest BCUT2D eigenvalue weighted by Crippen LogP contribution is 2.46. The number of hydrogen-bond donors (Lipinski definition) is 2. The number of anilines is 1. The third kappa shape index (κ3) is 3.08. The van der Waals surface area contributed by atoms with E-state index in [-0.39, 0.29) is 17.9 Å². The fourth-order valence-corrected chi connectivity index (χ4v) is 2.64. The number of benzene rings is 1. The van der Waals surface area contributed by atoms with Crippen molar-refractivity contribution in [1.29, 1.82) is 0 Å². The van der Waals surface area contributed by atoms with E-state index in [0.717, 1.165) is 25.1 Å². The predicted molar refractivity (Wildman–Crippen MR) is 78.7 cm³/mol. The van der Waals surface area contributed by atoms with E-state index in [4.69, 9.17) is 4.74 Å². The molecule has 5 nitrogen and oxygen atoms in total. The molecule has 0 bridgehead atoms. The van der Waals surface area contributed by atoms with Gasteiger partial charge in [-0.25, -0.2) is 0 Å². The molecule has 0 radical (unpaired) electrons. The number of hydrogen-bond acceptors (Lipinski definition) is 3. The molecule has 1 unspecified atom stereocenters. The quantitative estimate of drug-likeness (QED) is 0.810. The maximum Gasteiger partial charge on any atom is 0.240 e. The van der Waals surface area contributed by atoms with Crippen molar-refractivity contribution in [2.45, 2.75) is 31.8 Å². The summed E-state index contributed by atoms with van der Waals surface area (Å²) < 4.78 is 5.48. The minimum Gasteiger partial charge on any atom is -0.376 e. The molecule has 1 aromatic carbocycles. The SMILES string of the molecule is O=C(NCC1CCCO1)C1(C(=O)Nc2ccccc2)CC1. The van der Waals surface area contributed by atoms with E-state index >= 15 is 0 Å². The van der Waals surface area contributed by atoms with Crippen LogP contribution in [0.5, 0.6) is 0 Å². The summed E-state index contributed by atoms with van der Waals surface area (Å²) >= 11 is 0. The summed E-state index contributed by atoms with van der Waals surface area (Å²) in [7, 11) is 0. The van der Waals surface area contributed by atoms with Gasteiger partial charge < -0.3 is 15.4 Å². The van der Waals surface area contributed by atoms with Gasteiger partial charge in [0, 0.05) is 18.8 Å². The molecular weight excluding hydrogens is 268 g/mol. The Kier molecular flexibility index (Phi) is 3.92. The summed E-state index contributed by atoms with van der Waals surface area (Å²) in [6, 6.07) is 9.23. The molecule has 1 saturated heterocycles. The Morgan fingerprint density at radius 3 is 2.57 bits per heavy atom. The molecule has 0 spiro atoms.